The van der Waals surface area contributed by atoms with Crippen molar-refractivity contribution in [1.82, 2.24) is 0 Å². The van der Waals surface area contributed by atoms with Crippen molar-refractivity contribution < 1.29 is 13.7 Å². The Hall–Kier alpha value is 0.314. The highest BCUT2D eigenvalue weighted by Crippen LogP contribution is 1.85. The van der Waals surface area contributed by atoms with Gasteiger partial charge >= 0.3 is 8.80 Å². The summed E-state index contributed by atoms with van der Waals surface area (Å²) in [6, 6.07) is 0. The van der Waals surface area contributed by atoms with E-state index in [1.165, 1.54) is 6.55 Å². The Labute approximate surface area is 40.5 Å². The van der Waals surface area contributed by atoms with Gasteiger partial charge < -0.3 is 13.7 Å². The third-order valence-corrected chi connectivity index (χ3v) is 1.74. The van der Waals surface area contributed by atoms with E-state index < -0.39 is 8.80 Å². The Morgan fingerprint density at radius 3 is 1.83 bits per heavy atom. The highest BCUT2D eigenvalue weighted by molar-refractivity contribution is 6.59. The lowest BCUT2D eigenvalue weighted by Gasteiger charge is -2.05. The lowest BCUT2D eigenvalue weighted by molar-refractivity contribution is 0.260. The molecule has 0 aromatic rings. The molecule has 3 radical (unpaired) electrons. The lowest BCUT2D eigenvalue weighted by Crippen LogP contribution is -2.33. The second kappa shape index (κ2) is 1.85. The molecule has 0 amide bonds. The van der Waals surface area contributed by atoms with Gasteiger partial charge in [-0.2, -0.15) is 0 Å². The first-order valence-electron chi connectivity index (χ1n) is 1.36. The van der Waals surface area contributed by atoms with Gasteiger partial charge in [0, 0.05) is 6.55 Å². The van der Waals surface area contributed by atoms with E-state index in [1.54, 1.807) is 0 Å². The summed E-state index contributed by atoms with van der Waals surface area (Å²) in [5.74, 6) is 0. The average molecular weight is 121 g/mol. The molecule has 0 atom stereocenters. The van der Waals surface area contributed by atoms with Crippen LogP contribution in [-0.2, 0) is 4.12 Å². The zero-order valence-electron chi connectivity index (χ0n) is 3.30. The molecular formula is CH5O3Si2. The lowest BCUT2D eigenvalue weighted by atomic mass is 11.9. The zero-order valence-corrected chi connectivity index (χ0v) is 5.30. The van der Waals surface area contributed by atoms with Gasteiger partial charge in [-0.3, -0.25) is 0 Å². The summed E-state index contributed by atoms with van der Waals surface area (Å²) in [5.41, 5.74) is 0. The molecule has 0 spiro atoms. The summed E-state index contributed by atoms with van der Waals surface area (Å²) in [7, 11) is -0.743. The minimum atomic E-state index is -3.22. The smallest absolute Gasteiger partial charge is 0.416 e. The zero-order chi connectivity index (χ0) is 5.21. The molecule has 0 unspecified atom stereocenters. The SMILES string of the molecule is C[Si](O)(O)O[Si]. The molecule has 0 aromatic carbocycles. The molecule has 0 saturated carbocycles. The van der Waals surface area contributed by atoms with E-state index >= 15 is 0 Å². The minimum absolute atomic E-state index is 1.22. The van der Waals surface area contributed by atoms with E-state index in [4.69, 9.17) is 9.59 Å². The van der Waals surface area contributed by atoms with E-state index in [2.05, 4.69) is 14.6 Å². The molecule has 0 aromatic heterocycles. The summed E-state index contributed by atoms with van der Waals surface area (Å²) < 4.78 is 3.99. The molecule has 2 N–H and O–H groups in total. The Kier molecular flexibility index (Phi) is 1.95. The summed E-state index contributed by atoms with van der Waals surface area (Å²) >= 11 is 0. The minimum Gasteiger partial charge on any atom is -0.416 e. The van der Waals surface area contributed by atoms with Crippen LogP contribution in [0.2, 0.25) is 6.55 Å². The van der Waals surface area contributed by atoms with Crippen molar-refractivity contribution >= 4 is 19.3 Å². The van der Waals surface area contributed by atoms with Crippen LogP contribution in [0.25, 0.3) is 0 Å². The van der Waals surface area contributed by atoms with Gasteiger partial charge in [0.05, 0.1) is 0 Å². The fourth-order valence-corrected chi connectivity index (χ4v) is 0. The average Bonchev–Trinajstić information content (AvgIpc) is 1.35. The molecule has 0 aliphatic heterocycles. The van der Waals surface area contributed by atoms with Crippen LogP contribution in [0.15, 0.2) is 0 Å². The standard InChI is InChI=1S/CH5O3Si2/c1-6(2,3)4-5/h2-3H,1H3. The third kappa shape index (κ3) is 4.31. The van der Waals surface area contributed by atoms with Crippen molar-refractivity contribution in [2.24, 2.45) is 0 Å². The largest absolute Gasteiger partial charge is 0.481 e. The van der Waals surface area contributed by atoms with E-state index in [9.17, 15) is 0 Å². The van der Waals surface area contributed by atoms with Gasteiger partial charge in [0.2, 0.25) is 10.5 Å². The highest BCUT2D eigenvalue weighted by atomic mass is 28.4. The molecule has 3 nitrogen and oxygen atoms in total. The summed E-state index contributed by atoms with van der Waals surface area (Å²) in [4.78, 5) is 16.5. The van der Waals surface area contributed by atoms with Crippen LogP contribution in [0.5, 0.6) is 0 Å². The van der Waals surface area contributed by atoms with Crippen LogP contribution >= 0.6 is 0 Å². The molecule has 6 heavy (non-hydrogen) atoms. The first-order valence-corrected chi connectivity index (χ1v) is 4.07. The molecule has 0 heterocycles. The van der Waals surface area contributed by atoms with E-state index in [0.29, 0.717) is 0 Å². The second-order valence-electron chi connectivity index (χ2n) is 1.04. The van der Waals surface area contributed by atoms with Crippen LogP contribution in [0.3, 0.4) is 0 Å². The van der Waals surface area contributed by atoms with E-state index in [1.807, 2.05) is 0 Å². The normalized spacial score (nSPS) is 12.0. The van der Waals surface area contributed by atoms with Gasteiger partial charge in [0.1, 0.15) is 0 Å². The van der Waals surface area contributed by atoms with Gasteiger partial charge in [-0.05, 0) is 0 Å². The number of hydrogen-bond acceptors (Lipinski definition) is 3. The molecule has 0 fully saturated rings. The van der Waals surface area contributed by atoms with Gasteiger partial charge in [0.15, 0.2) is 0 Å². The Balaban J connectivity index is 3.17. The molecule has 0 aliphatic carbocycles. The quantitative estimate of drug-likeness (QED) is 0.421. The first kappa shape index (κ1) is 6.31. The van der Waals surface area contributed by atoms with Crippen LogP contribution in [0.4, 0.5) is 0 Å². The van der Waals surface area contributed by atoms with Crippen LogP contribution in [0, 0.1) is 0 Å². The van der Waals surface area contributed by atoms with Crippen LogP contribution in [0.1, 0.15) is 0 Å². The predicted molar refractivity (Wildman–Crippen MR) is 22.9 cm³/mol. The van der Waals surface area contributed by atoms with Crippen LogP contribution in [-0.4, -0.2) is 28.9 Å². The molecule has 0 rings (SSSR count). The van der Waals surface area contributed by atoms with Crippen molar-refractivity contribution in [2.75, 3.05) is 0 Å². The molecule has 35 valence electrons. The summed E-state index contributed by atoms with van der Waals surface area (Å²) in [6.45, 7) is 1.22. The fraction of sp³-hybridized carbons (Fsp3) is 1.00. The van der Waals surface area contributed by atoms with Crippen molar-refractivity contribution in [1.29, 1.82) is 0 Å². The van der Waals surface area contributed by atoms with Crippen molar-refractivity contribution in [2.45, 2.75) is 6.55 Å². The summed E-state index contributed by atoms with van der Waals surface area (Å²) in [6.07, 6.45) is 0. The third-order valence-electron chi connectivity index (χ3n) is 0.193. The maximum atomic E-state index is 8.25. The van der Waals surface area contributed by atoms with E-state index in [-0.39, 0.29) is 0 Å². The van der Waals surface area contributed by atoms with Crippen LogP contribution < -0.4 is 0 Å². The molecule has 0 bridgehead atoms. The Morgan fingerprint density at radius 1 is 1.67 bits per heavy atom. The predicted octanol–water partition coefficient (Wildman–Crippen LogP) is -1.36. The molecular weight excluding hydrogens is 116 g/mol. The first-order chi connectivity index (χ1) is 2.56. The van der Waals surface area contributed by atoms with Gasteiger partial charge in [0.25, 0.3) is 0 Å². The second-order valence-corrected chi connectivity index (χ2v) is 3.72. The molecule has 0 saturated heterocycles. The van der Waals surface area contributed by atoms with Crippen molar-refractivity contribution in [3.8, 4) is 0 Å². The Morgan fingerprint density at radius 2 is 1.83 bits per heavy atom. The summed E-state index contributed by atoms with van der Waals surface area (Å²) in [5, 5.41) is 0. The molecule has 5 heteroatoms. The fourth-order valence-electron chi connectivity index (χ4n) is 0. The van der Waals surface area contributed by atoms with Crippen molar-refractivity contribution in [3.63, 3.8) is 0 Å². The Bertz CT molecular complexity index is 38.5. The number of rotatable bonds is 1. The van der Waals surface area contributed by atoms with Gasteiger partial charge in [-0.15, -0.1) is 0 Å². The monoisotopic (exact) mass is 121 g/mol. The molecule has 0 aliphatic rings. The topological polar surface area (TPSA) is 49.7 Å². The maximum Gasteiger partial charge on any atom is 0.481 e. The van der Waals surface area contributed by atoms with E-state index in [0.717, 1.165) is 0 Å². The van der Waals surface area contributed by atoms with Gasteiger partial charge in [-0.25, -0.2) is 0 Å². The highest BCUT2D eigenvalue weighted by Gasteiger charge is 2.19. The van der Waals surface area contributed by atoms with Gasteiger partial charge in [-0.1, -0.05) is 0 Å². The number of hydrogen-bond donors (Lipinski definition) is 2. The van der Waals surface area contributed by atoms with Crippen molar-refractivity contribution in [3.05, 3.63) is 0 Å². The maximum absolute atomic E-state index is 8.25.